The summed E-state index contributed by atoms with van der Waals surface area (Å²) in [4.78, 5) is 0. The Morgan fingerprint density at radius 2 is 1.04 bits per heavy atom. The third-order valence-electron chi connectivity index (χ3n) is 6.19. The Morgan fingerprint density at radius 3 is 1.48 bits per heavy atom. The lowest BCUT2D eigenvalue weighted by Crippen LogP contribution is -2.47. The van der Waals surface area contributed by atoms with Gasteiger partial charge in [0.25, 0.3) is 0 Å². The van der Waals surface area contributed by atoms with Gasteiger partial charge >= 0.3 is 0 Å². The molecule has 0 aliphatic heterocycles. The van der Waals surface area contributed by atoms with Gasteiger partial charge in [0.15, 0.2) is 0 Å². The largest absolute Gasteiger partial charge is 0.320 e. The predicted molar refractivity (Wildman–Crippen MR) is 125 cm³/mol. The molecule has 1 aromatic rings. The Balaban J connectivity index is 0.00000676. The van der Waals surface area contributed by atoms with Crippen LogP contribution in [0.25, 0.3) is 0 Å². The molecule has 0 atom stereocenters. The Hall–Kier alpha value is -0.530. The van der Waals surface area contributed by atoms with Crippen molar-refractivity contribution in [2.24, 2.45) is 0 Å². The maximum Gasteiger partial charge on any atom is 0.104 e. The zero-order valence-electron chi connectivity index (χ0n) is 18.6. The van der Waals surface area contributed by atoms with E-state index in [0.29, 0.717) is 0 Å². The first-order valence-corrected chi connectivity index (χ1v) is 11.7. The van der Waals surface area contributed by atoms with E-state index in [-0.39, 0.29) is 12.4 Å². The number of halogens is 1. The summed E-state index contributed by atoms with van der Waals surface area (Å²) < 4.78 is 1.25. The summed E-state index contributed by atoms with van der Waals surface area (Å²) in [7, 11) is 0. The first-order chi connectivity index (χ1) is 12.8. The molecule has 0 spiro atoms. The molecule has 0 aliphatic carbocycles. The second-order valence-electron chi connectivity index (χ2n) is 8.23. The summed E-state index contributed by atoms with van der Waals surface area (Å²) >= 11 is 0. The molecule has 2 heteroatoms. The van der Waals surface area contributed by atoms with Crippen molar-refractivity contribution >= 4 is 12.4 Å². The number of quaternary nitrogens is 1. The van der Waals surface area contributed by atoms with E-state index in [2.05, 4.69) is 51.1 Å². The molecule has 1 aromatic carbocycles. The second-order valence-corrected chi connectivity index (χ2v) is 8.23. The van der Waals surface area contributed by atoms with Gasteiger partial charge in [-0.05, 0) is 26.7 Å². The van der Waals surface area contributed by atoms with Crippen LogP contribution >= 0.6 is 12.4 Å². The lowest BCUT2D eigenvalue weighted by atomic mass is 10.0. The molecule has 0 aliphatic rings. The molecule has 0 bridgehead atoms. The monoisotopic (exact) mass is 396 g/mol. The van der Waals surface area contributed by atoms with Gasteiger partial charge in [0.05, 0.1) is 19.6 Å². The fourth-order valence-electron chi connectivity index (χ4n) is 4.10. The van der Waals surface area contributed by atoms with Crippen LogP contribution in [0.2, 0.25) is 0 Å². The molecule has 0 heterocycles. The van der Waals surface area contributed by atoms with Crippen LogP contribution in [0.3, 0.4) is 0 Å². The van der Waals surface area contributed by atoms with Crippen LogP contribution in [0, 0.1) is 0 Å². The summed E-state index contributed by atoms with van der Waals surface area (Å²) in [5.41, 5.74) is 1.50. The lowest BCUT2D eigenvalue weighted by Gasteiger charge is -2.37. The minimum absolute atomic E-state index is 0. The highest BCUT2D eigenvalue weighted by Crippen LogP contribution is 2.17. The highest BCUT2D eigenvalue weighted by atomic mass is 35.5. The summed E-state index contributed by atoms with van der Waals surface area (Å²) in [5.74, 6) is 0. The van der Waals surface area contributed by atoms with Crippen LogP contribution in [0.15, 0.2) is 30.3 Å². The molecule has 0 radical (unpaired) electrons. The first kappa shape index (κ1) is 26.5. The summed E-state index contributed by atoms with van der Waals surface area (Å²) in [6.45, 7) is 12.1. The van der Waals surface area contributed by atoms with E-state index < -0.39 is 0 Å². The van der Waals surface area contributed by atoms with Gasteiger partial charge in [0, 0.05) is 5.56 Å². The number of unbranched alkanes of at least 4 members (excludes halogenated alkanes) is 11. The van der Waals surface area contributed by atoms with Gasteiger partial charge < -0.3 is 4.48 Å². The molecule has 0 saturated heterocycles. The lowest BCUT2D eigenvalue weighted by molar-refractivity contribution is -0.938. The maximum absolute atomic E-state index is 2.37. The maximum atomic E-state index is 2.37. The van der Waals surface area contributed by atoms with Gasteiger partial charge in [0.1, 0.15) is 6.54 Å². The van der Waals surface area contributed by atoms with Crippen LogP contribution < -0.4 is 0 Å². The molecule has 27 heavy (non-hydrogen) atoms. The first-order valence-electron chi connectivity index (χ1n) is 11.7. The summed E-state index contributed by atoms with van der Waals surface area (Å²) in [6, 6.07) is 11.1. The third-order valence-corrected chi connectivity index (χ3v) is 6.19. The van der Waals surface area contributed by atoms with E-state index in [0.717, 1.165) is 0 Å². The predicted octanol–water partition coefficient (Wildman–Crippen LogP) is 8.17. The molecule has 0 aromatic heterocycles. The number of rotatable bonds is 17. The Morgan fingerprint density at radius 1 is 0.593 bits per heavy atom. The van der Waals surface area contributed by atoms with E-state index in [1.807, 2.05) is 0 Å². The molecule has 0 saturated carbocycles. The van der Waals surface area contributed by atoms with Gasteiger partial charge in [-0.2, -0.15) is 0 Å². The molecule has 0 unspecified atom stereocenters. The van der Waals surface area contributed by atoms with E-state index in [1.54, 1.807) is 0 Å². The number of hydrogen-bond donors (Lipinski definition) is 0. The summed E-state index contributed by atoms with van der Waals surface area (Å²) in [5, 5.41) is 0. The Kier molecular flexibility index (Phi) is 17.2. The van der Waals surface area contributed by atoms with E-state index in [4.69, 9.17) is 0 Å². The minimum Gasteiger partial charge on any atom is -0.320 e. The van der Waals surface area contributed by atoms with E-state index in [1.165, 1.54) is 113 Å². The van der Waals surface area contributed by atoms with Crippen molar-refractivity contribution in [3.63, 3.8) is 0 Å². The number of hydrogen-bond acceptors (Lipinski definition) is 0. The number of nitrogens with zero attached hydrogens (tertiary/aromatic N) is 1. The van der Waals surface area contributed by atoms with Crippen molar-refractivity contribution in [1.82, 2.24) is 0 Å². The van der Waals surface area contributed by atoms with Crippen LogP contribution in [-0.2, 0) is 6.54 Å². The average Bonchev–Trinajstić information content (AvgIpc) is 2.68. The Bertz CT molecular complexity index is 414. The summed E-state index contributed by atoms with van der Waals surface area (Å²) in [6.07, 6.45) is 17.3. The smallest absolute Gasteiger partial charge is 0.104 e. The molecule has 0 fully saturated rings. The molecular weight excluding hydrogens is 350 g/mol. The zero-order valence-corrected chi connectivity index (χ0v) is 19.4. The average molecular weight is 397 g/mol. The minimum atomic E-state index is 0. The zero-order chi connectivity index (χ0) is 18.9. The molecule has 0 N–H and O–H groups in total. The molecular formula is C25H47ClN+. The van der Waals surface area contributed by atoms with Crippen molar-refractivity contribution in [2.75, 3.05) is 19.6 Å². The third kappa shape index (κ3) is 12.5. The van der Waals surface area contributed by atoms with E-state index >= 15 is 0 Å². The number of benzene rings is 1. The van der Waals surface area contributed by atoms with Crippen LogP contribution in [0.4, 0.5) is 0 Å². The van der Waals surface area contributed by atoms with Gasteiger partial charge in [-0.25, -0.2) is 0 Å². The highest BCUT2D eigenvalue weighted by molar-refractivity contribution is 5.85. The SMILES string of the molecule is CCCCCCCCCCCCCC[N+](CC)(CC)Cc1ccccc1.Cl. The van der Waals surface area contributed by atoms with Crippen molar-refractivity contribution in [3.05, 3.63) is 35.9 Å². The molecule has 1 nitrogen and oxygen atoms in total. The molecule has 0 amide bonds. The Labute approximate surface area is 176 Å². The van der Waals surface area contributed by atoms with Crippen LogP contribution in [-0.4, -0.2) is 24.1 Å². The van der Waals surface area contributed by atoms with Crippen molar-refractivity contribution in [2.45, 2.75) is 104 Å². The van der Waals surface area contributed by atoms with Gasteiger partial charge in [0.2, 0.25) is 0 Å². The molecule has 158 valence electrons. The van der Waals surface area contributed by atoms with Crippen LogP contribution in [0.1, 0.15) is 103 Å². The second kappa shape index (κ2) is 17.6. The fourth-order valence-corrected chi connectivity index (χ4v) is 4.10. The fraction of sp³-hybridized carbons (Fsp3) is 0.760. The van der Waals surface area contributed by atoms with Gasteiger partial charge in [-0.15, -0.1) is 12.4 Å². The standard InChI is InChI=1S/C25H46N.ClH/c1-4-7-8-9-10-11-12-13-14-15-16-20-23-26(5-2,6-3)24-25-21-18-17-19-22-25;/h17-19,21-22H,4-16,20,23-24H2,1-3H3;1H/q+1;. The normalized spacial score (nSPS) is 11.4. The van der Waals surface area contributed by atoms with Crippen molar-refractivity contribution in [3.8, 4) is 0 Å². The van der Waals surface area contributed by atoms with Crippen LogP contribution in [0.5, 0.6) is 0 Å². The topological polar surface area (TPSA) is 0 Å². The van der Waals surface area contributed by atoms with Crippen molar-refractivity contribution < 1.29 is 4.48 Å². The molecule has 1 rings (SSSR count). The van der Waals surface area contributed by atoms with Gasteiger partial charge in [-0.1, -0.05) is 101 Å². The highest BCUT2D eigenvalue weighted by Gasteiger charge is 2.22. The van der Waals surface area contributed by atoms with E-state index in [9.17, 15) is 0 Å². The quantitative estimate of drug-likeness (QED) is 0.184. The van der Waals surface area contributed by atoms with Gasteiger partial charge in [-0.3, -0.25) is 0 Å². The van der Waals surface area contributed by atoms with Crippen molar-refractivity contribution in [1.29, 1.82) is 0 Å².